The molecule has 0 aliphatic heterocycles. The summed E-state index contributed by atoms with van der Waals surface area (Å²) in [5.41, 5.74) is 5.00. The van der Waals surface area contributed by atoms with Gasteiger partial charge in [0.15, 0.2) is 6.61 Å². The molecule has 148 valence electrons. The van der Waals surface area contributed by atoms with Crippen molar-refractivity contribution in [1.29, 1.82) is 0 Å². The molecule has 3 aromatic rings. The quantitative estimate of drug-likeness (QED) is 0.339. The number of amides is 1. The average molecular weight is 460 g/mol. The molecular weight excluding hydrogens is 446 g/mol. The number of fused-ring (bicyclic) bond motifs is 1. The first-order valence-electron chi connectivity index (χ1n) is 8.19. The van der Waals surface area contributed by atoms with Gasteiger partial charge in [0.25, 0.3) is 11.5 Å². The molecule has 2 aromatic carbocycles. The third-order valence-corrected chi connectivity index (χ3v) is 4.36. The van der Waals surface area contributed by atoms with Gasteiger partial charge in [-0.05, 0) is 31.2 Å². The summed E-state index contributed by atoms with van der Waals surface area (Å²) in [6.07, 6.45) is 1.23. The first-order chi connectivity index (χ1) is 13.8. The van der Waals surface area contributed by atoms with Crippen LogP contribution >= 0.6 is 15.9 Å². The molecule has 0 saturated heterocycles. The van der Waals surface area contributed by atoms with E-state index < -0.39 is 23.0 Å². The number of primary amides is 1. The van der Waals surface area contributed by atoms with Crippen molar-refractivity contribution in [1.82, 2.24) is 9.66 Å². The van der Waals surface area contributed by atoms with Crippen LogP contribution in [0.4, 0.5) is 5.69 Å². The monoisotopic (exact) mass is 459 g/mol. The molecule has 0 fully saturated rings. The van der Waals surface area contributed by atoms with Gasteiger partial charge in [-0.15, -0.1) is 0 Å². The fourth-order valence-electron chi connectivity index (χ4n) is 2.60. The SMILES string of the molecule is Cc1nc2ccc(Br)cc2c(=O)n1N=Cc1cccc([N+](=O)[O-])c1OCC(N)=O. The van der Waals surface area contributed by atoms with E-state index >= 15 is 0 Å². The summed E-state index contributed by atoms with van der Waals surface area (Å²) < 4.78 is 7.00. The molecule has 3 rings (SSSR count). The molecule has 0 unspecified atom stereocenters. The predicted octanol–water partition coefficient (Wildman–Crippen LogP) is 2.12. The van der Waals surface area contributed by atoms with E-state index in [1.165, 1.54) is 24.4 Å². The van der Waals surface area contributed by atoms with Gasteiger partial charge in [-0.2, -0.15) is 9.78 Å². The molecular formula is C18H14BrN5O5. The first-order valence-corrected chi connectivity index (χ1v) is 8.99. The van der Waals surface area contributed by atoms with Crippen molar-refractivity contribution in [3.8, 4) is 5.75 Å². The Bertz CT molecular complexity index is 1220. The molecule has 0 bridgehead atoms. The molecule has 0 spiro atoms. The number of hydrogen-bond acceptors (Lipinski definition) is 7. The molecule has 11 heteroatoms. The van der Waals surface area contributed by atoms with Crippen molar-refractivity contribution in [2.75, 3.05) is 6.61 Å². The fraction of sp³-hybridized carbons (Fsp3) is 0.111. The molecule has 0 aliphatic carbocycles. The van der Waals surface area contributed by atoms with E-state index in [0.717, 1.165) is 4.68 Å². The molecule has 1 heterocycles. The molecule has 2 N–H and O–H groups in total. The van der Waals surface area contributed by atoms with Gasteiger partial charge in [-0.25, -0.2) is 4.98 Å². The van der Waals surface area contributed by atoms with Gasteiger partial charge in [0.05, 0.1) is 22.0 Å². The standard InChI is InChI=1S/C18H14BrN5O5/c1-10-22-14-6-5-12(19)7-13(14)18(26)23(10)21-8-11-3-2-4-15(24(27)28)17(11)29-9-16(20)25/h2-8H,9H2,1H3,(H2,20,25). The number of carbonyl (C=O) groups excluding carboxylic acids is 1. The minimum Gasteiger partial charge on any atom is -0.476 e. The number of benzene rings is 2. The van der Waals surface area contributed by atoms with Crippen molar-refractivity contribution < 1.29 is 14.5 Å². The Morgan fingerprint density at radius 1 is 1.41 bits per heavy atom. The van der Waals surface area contributed by atoms with E-state index in [1.807, 2.05) is 0 Å². The van der Waals surface area contributed by atoms with E-state index in [1.54, 1.807) is 25.1 Å². The lowest BCUT2D eigenvalue weighted by molar-refractivity contribution is -0.385. The Hall–Kier alpha value is -3.60. The van der Waals surface area contributed by atoms with Gasteiger partial charge in [-0.1, -0.05) is 22.0 Å². The third-order valence-electron chi connectivity index (χ3n) is 3.86. The maximum Gasteiger partial charge on any atom is 0.311 e. The number of halogens is 1. The second-order valence-corrected chi connectivity index (χ2v) is 6.81. The maximum atomic E-state index is 12.8. The summed E-state index contributed by atoms with van der Waals surface area (Å²) >= 11 is 3.31. The number of hydrogen-bond donors (Lipinski definition) is 1. The van der Waals surface area contributed by atoms with E-state index in [2.05, 4.69) is 26.0 Å². The number of rotatable bonds is 6. The number of para-hydroxylation sites is 1. The lowest BCUT2D eigenvalue weighted by Crippen LogP contribution is -2.21. The van der Waals surface area contributed by atoms with Gasteiger partial charge < -0.3 is 10.5 Å². The van der Waals surface area contributed by atoms with Crippen LogP contribution < -0.4 is 16.0 Å². The van der Waals surface area contributed by atoms with Crippen molar-refractivity contribution in [3.63, 3.8) is 0 Å². The second-order valence-electron chi connectivity index (χ2n) is 5.89. The largest absolute Gasteiger partial charge is 0.476 e. The smallest absolute Gasteiger partial charge is 0.311 e. The normalized spacial score (nSPS) is 11.1. The highest BCUT2D eigenvalue weighted by Gasteiger charge is 2.19. The van der Waals surface area contributed by atoms with Crippen LogP contribution in [-0.2, 0) is 4.79 Å². The van der Waals surface area contributed by atoms with Crippen LogP contribution in [0.1, 0.15) is 11.4 Å². The van der Waals surface area contributed by atoms with E-state index in [4.69, 9.17) is 10.5 Å². The van der Waals surface area contributed by atoms with E-state index in [0.29, 0.717) is 21.2 Å². The summed E-state index contributed by atoms with van der Waals surface area (Å²) in [4.78, 5) is 38.8. The topological polar surface area (TPSA) is 143 Å². The van der Waals surface area contributed by atoms with Crippen LogP contribution in [0.15, 0.2) is 50.8 Å². The Morgan fingerprint density at radius 2 is 2.17 bits per heavy atom. The first kappa shape index (κ1) is 20.1. The van der Waals surface area contributed by atoms with Crippen molar-refractivity contribution in [2.45, 2.75) is 6.92 Å². The van der Waals surface area contributed by atoms with Crippen LogP contribution in [0.2, 0.25) is 0 Å². The highest BCUT2D eigenvalue weighted by molar-refractivity contribution is 9.10. The van der Waals surface area contributed by atoms with Crippen LogP contribution in [-0.4, -0.2) is 33.3 Å². The van der Waals surface area contributed by atoms with Crippen LogP contribution in [0, 0.1) is 17.0 Å². The van der Waals surface area contributed by atoms with Gasteiger partial charge in [-0.3, -0.25) is 19.7 Å². The predicted molar refractivity (Wildman–Crippen MR) is 109 cm³/mol. The van der Waals surface area contributed by atoms with Crippen LogP contribution in [0.5, 0.6) is 5.75 Å². The molecule has 1 aromatic heterocycles. The van der Waals surface area contributed by atoms with Crippen LogP contribution in [0.25, 0.3) is 10.9 Å². The van der Waals surface area contributed by atoms with Gasteiger partial charge >= 0.3 is 5.69 Å². The van der Waals surface area contributed by atoms with Gasteiger partial charge in [0, 0.05) is 16.1 Å². The van der Waals surface area contributed by atoms with Gasteiger partial charge in [0.1, 0.15) is 5.82 Å². The number of nitrogens with two attached hydrogens (primary N) is 1. The molecule has 29 heavy (non-hydrogen) atoms. The lowest BCUT2D eigenvalue weighted by Gasteiger charge is -2.09. The minimum atomic E-state index is -0.789. The molecule has 1 amide bonds. The highest BCUT2D eigenvalue weighted by Crippen LogP contribution is 2.30. The molecule has 0 radical (unpaired) electrons. The molecule has 0 atom stereocenters. The summed E-state index contributed by atoms with van der Waals surface area (Å²) in [6.45, 7) is 1.06. The number of aromatic nitrogens is 2. The average Bonchev–Trinajstić information content (AvgIpc) is 2.67. The second kappa shape index (κ2) is 8.19. The Morgan fingerprint density at radius 3 is 2.86 bits per heavy atom. The number of nitro benzene ring substituents is 1. The lowest BCUT2D eigenvalue weighted by atomic mass is 10.2. The van der Waals surface area contributed by atoms with Crippen LogP contribution in [0.3, 0.4) is 0 Å². The zero-order chi connectivity index (χ0) is 21.1. The minimum absolute atomic E-state index is 0.178. The highest BCUT2D eigenvalue weighted by atomic mass is 79.9. The van der Waals surface area contributed by atoms with Crippen molar-refractivity contribution >= 4 is 44.6 Å². The zero-order valence-electron chi connectivity index (χ0n) is 15.0. The Kier molecular flexibility index (Phi) is 5.69. The number of aryl methyl sites for hydroxylation is 1. The number of nitro groups is 1. The zero-order valence-corrected chi connectivity index (χ0v) is 16.6. The fourth-order valence-corrected chi connectivity index (χ4v) is 2.96. The van der Waals surface area contributed by atoms with Gasteiger partial charge in [0.2, 0.25) is 5.75 Å². The Labute approximate surface area is 171 Å². The summed E-state index contributed by atoms with van der Waals surface area (Å²) in [5, 5.41) is 15.8. The third kappa shape index (κ3) is 4.29. The van der Waals surface area contributed by atoms with Crippen molar-refractivity contribution in [3.05, 3.63) is 72.7 Å². The number of carbonyl (C=O) groups is 1. The maximum absolute atomic E-state index is 12.8. The van der Waals surface area contributed by atoms with E-state index in [-0.39, 0.29) is 17.0 Å². The van der Waals surface area contributed by atoms with E-state index in [9.17, 15) is 19.7 Å². The number of ether oxygens (including phenoxy) is 1. The molecule has 10 nitrogen and oxygen atoms in total. The number of nitrogens with zero attached hydrogens (tertiary/aromatic N) is 4. The molecule has 0 aliphatic rings. The summed E-state index contributed by atoms with van der Waals surface area (Å²) in [7, 11) is 0. The molecule has 0 saturated carbocycles. The summed E-state index contributed by atoms with van der Waals surface area (Å²) in [6, 6.07) is 9.26. The Balaban J connectivity index is 2.10. The summed E-state index contributed by atoms with van der Waals surface area (Å²) in [5.74, 6) is -0.643. The van der Waals surface area contributed by atoms with Crippen molar-refractivity contribution in [2.24, 2.45) is 10.8 Å².